The molecule has 2 rings (SSSR count). The van der Waals surface area contributed by atoms with E-state index in [1.54, 1.807) is 6.07 Å². The number of alkyl halides is 3. The highest BCUT2D eigenvalue weighted by Gasteiger charge is 2.30. The molecule has 0 N–H and O–H groups in total. The lowest BCUT2D eigenvalue weighted by Gasteiger charge is -2.08. The number of rotatable bonds is 2. The van der Waals surface area contributed by atoms with Crippen LogP contribution >= 0.6 is 11.8 Å². The van der Waals surface area contributed by atoms with Gasteiger partial charge in [0.05, 0.1) is 5.56 Å². The van der Waals surface area contributed by atoms with E-state index in [0.29, 0.717) is 5.56 Å². The first-order valence-electron chi connectivity index (χ1n) is 5.39. The number of hydrogen-bond acceptors (Lipinski definition) is 4. The van der Waals surface area contributed by atoms with Crippen molar-refractivity contribution in [3.05, 3.63) is 47.7 Å². The molecule has 0 bridgehead atoms. The van der Waals surface area contributed by atoms with Crippen LogP contribution in [0.15, 0.2) is 51.8 Å². The van der Waals surface area contributed by atoms with Crippen molar-refractivity contribution in [3.8, 4) is 0 Å². The minimum absolute atomic E-state index is 0.0616. The van der Waals surface area contributed by atoms with Crippen molar-refractivity contribution in [2.75, 3.05) is 0 Å². The molecule has 0 spiro atoms. The molecule has 1 amide bonds. The maximum absolute atomic E-state index is 12.5. The number of nitrogens with zero attached hydrogens (tertiary/aromatic N) is 3. The molecule has 0 saturated heterocycles. The van der Waals surface area contributed by atoms with E-state index in [1.165, 1.54) is 6.07 Å². The van der Waals surface area contributed by atoms with Gasteiger partial charge in [-0.15, -0.1) is 10.2 Å². The third-order valence-electron chi connectivity index (χ3n) is 2.32. The highest BCUT2D eigenvalue weighted by atomic mass is 32.2. The molecular weight excluding hydrogens is 291 g/mol. The number of amidine groups is 1. The largest absolute Gasteiger partial charge is 0.416 e. The van der Waals surface area contributed by atoms with E-state index >= 15 is 0 Å². The summed E-state index contributed by atoms with van der Waals surface area (Å²) in [4.78, 5) is 14.8. The Labute approximate surface area is 116 Å². The molecule has 20 heavy (non-hydrogen) atoms. The molecule has 0 atom stereocenters. The molecule has 0 fully saturated rings. The van der Waals surface area contributed by atoms with Crippen molar-refractivity contribution in [1.29, 1.82) is 0 Å². The zero-order valence-electron chi connectivity index (χ0n) is 10.0. The molecule has 1 aromatic rings. The van der Waals surface area contributed by atoms with Gasteiger partial charge in [-0.25, -0.2) is 0 Å². The topological polar surface area (TPSA) is 54.1 Å². The van der Waals surface area contributed by atoms with Gasteiger partial charge in [-0.1, -0.05) is 36.5 Å². The van der Waals surface area contributed by atoms with Gasteiger partial charge >= 0.3 is 6.18 Å². The number of thioether (sulfide) groups is 1. The summed E-state index contributed by atoms with van der Waals surface area (Å²) in [6.07, 6.45) is -4.38. The number of halogens is 3. The molecule has 0 aromatic heterocycles. The average molecular weight is 299 g/mol. The number of azo groups is 1. The average Bonchev–Trinajstić information content (AvgIpc) is 2.39. The molecule has 0 saturated carbocycles. The predicted molar refractivity (Wildman–Crippen MR) is 69.2 cm³/mol. The molecule has 8 heteroatoms. The number of carbonyl (C=O) groups is 1. The molecule has 0 aliphatic carbocycles. The molecular formula is C12H8F3N3OS. The number of amides is 1. The van der Waals surface area contributed by atoms with Crippen molar-refractivity contribution >= 4 is 22.8 Å². The molecule has 104 valence electrons. The van der Waals surface area contributed by atoms with Crippen molar-refractivity contribution in [3.63, 3.8) is 0 Å². The number of benzene rings is 1. The Morgan fingerprint density at radius 1 is 1.25 bits per heavy atom. The molecule has 0 unspecified atom stereocenters. The highest BCUT2D eigenvalue weighted by Crippen LogP contribution is 2.30. The summed E-state index contributed by atoms with van der Waals surface area (Å²) in [5.74, 6) is -0.381. The van der Waals surface area contributed by atoms with Gasteiger partial charge in [0.2, 0.25) is 5.17 Å². The Morgan fingerprint density at radius 3 is 2.65 bits per heavy atom. The first kappa shape index (κ1) is 14.4. The Kier molecular flexibility index (Phi) is 4.03. The smallest absolute Gasteiger partial charge is 0.265 e. The van der Waals surface area contributed by atoms with Gasteiger partial charge in [0.1, 0.15) is 5.70 Å². The van der Waals surface area contributed by atoms with Crippen LogP contribution in [0.1, 0.15) is 11.1 Å². The first-order valence-corrected chi connectivity index (χ1v) is 6.37. The summed E-state index contributed by atoms with van der Waals surface area (Å²) in [5.41, 5.74) is -0.319. The summed E-state index contributed by atoms with van der Waals surface area (Å²) >= 11 is 1.04. The van der Waals surface area contributed by atoms with Gasteiger partial charge < -0.3 is 0 Å². The van der Waals surface area contributed by atoms with E-state index in [0.717, 1.165) is 23.9 Å². The number of hydrogen-bond donors (Lipinski definition) is 0. The zero-order chi connectivity index (χ0) is 14.8. The fraction of sp³-hybridized carbons (Fsp3) is 0.167. The lowest BCUT2D eigenvalue weighted by atomic mass is 10.1. The standard InChI is InChI=1S/C12H8F3N3OS/c1-7-10(19)16-11(18-17-7)20-6-8-3-2-4-9(5-8)12(13,14)15/h2-5H,1,6H2. The third kappa shape index (κ3) is 3.53. The Balaban J connectivity index is 2.05. The van der Waals surface area contributed by atoms with Crippen LogP contribution in [0.3, 0.4) is 0 Å². The predicted octanol–water partition coefficient (Wildman–Crippen LogP) is 3.80. The maximum atomic E-state index is 12.5. The molecule has 0 radical (unpaired) electrons. The van der Waals surface area contributed by atoms with Crippen LogP contribution in [0.5, 0.6) is 0 Å². The molecule has 1 aliphatic rings. The van der Waals surface area contributed by atoms with Crippen LogP contribution in [0, 0.1) is 0 Å². The van der Waals surface area contributed by atoms with E-state index in [2.05, 4.69) is 21.8 Å². The summed E-state index contributed by atoms with van der Waals surface area (Å²) in [6, 6.07) is 4.94. The van der Waals surface area contributed by atoms with Crippen molar-refractivity contribution in [2.24, 2.45) is 15.2 Å². The summed E-state index contributed by atoms with van der Waals surface area (Å²) in [7, 11) is 0. The van der Waals surface area contributed by atoms with Crippen LogP contribution in [-0.2, 0) is 16.7 Å². The van der Waals surface area contributed by atoms with E-state index in [4.69, 9.17) is 0 Å². The second-order valence-corrected chi connectivity index (χ2v) is 4.78. The Morgan fingerprint density at radius 2 is 2.00 bits per heavy atom. The van der Waals surface area contributed by atoms with Crippen molar-refractivity contribution < 1.29 is 18.0 Å². The van der Waals surface area contributed by atoms with E-state index in [-0.39, 0.29) is 16.6 Å². The lowest BCUT2D eigenvalue weighted by Crippen LogP contribution is -2.06. The van der Waals surface area contributed by atoms with E-state index in [9.17, 15) is 18.0 Å². The van der Waals surface area contributed by atoms with Gasteiger partial charge in [-0.05, 0) is 11.6 Å². The van der Waals surface area contributed by atoms with Gasteiger partial charge in [0.25, 0.3) is 5.91 Å². The monoisotopic (exact) mass is 299 g/mol. The Hall–Kier alpha value is -1.96. The second-order valence-electron chi connectivity index (χ2n) is 3.83. The van der Waals surface area contributed by atoms with E-state index < -0.39 is 17.6 Å². The van der Waals surface area contributed by atoms with Gasteiger partial charge in [0.15, 0.2) is 0 Å². The summed E-state index contributed by atoms with van der Waals surface area (Å²) in [6.45, 7) is 3.34. The minimum atomic E-state index is -4.38. The van der Waals surface area contributed by atoms with Crippen molar-refractivity contribution in [2.45, 2.75) is 11.9 Å². The quantitative estimate of drug-likeness (QED) is 0.780. The van der Waals surface area contributed by atoms with E-state index in [1.807, 2.05) is 0 Å². The van der Waals surface area contributed by atoms with Crippen LogP contribution in [0.2, 0.25) is 0 Å². The van der Waals surface area contributed by atoms with Crippen LogP contribution in [0.4, 0.5) is 13.2 Å². The second kappa shape index (κ2) is 5.58. The number of aliphatic imine (C=N–C) groups is 1. The summed E-state index contributed by atoms with van der Waals surface area (Å²) in [5, 5.41) is 7.26. The van der Waals surface area contributed by atoms with Crippen LogP contribution < -0.4 is 0 Å². The van der Waals surface area contributed by atoms with Gasteiger partial charge in [-0.3, -0.25) is 4.79 Å². The Bertz CT molecular complexity index is 623. The van der Waals surface area contributed by atoms with Crippen LogP contribution in [0.25, 0.3) is 0 Å². The maximum Gasteiger partial charge on any atom is 0.416 e. The minimum Gasteiger partial charge on any atom is -0.265 e. The first-order chi connectivity index (χ1) is 9.36. The third-order valence-corrected chi connectivity index (χ3v) is 3.23. The highest BCUT2D eigenvalue weighted by molar-refractivity contribution is 8.13. The molecule has 4 nitrogen and oxygen atoms in total. The number of carbonyl (C=O) groups excluding carboxylic acids is 1. The van der Waals surface area contributed by atoms with Gasteiger partial charge in [-0.2, -0.15) is 18.2 Å². The summed E-state index contributed by atoms with van der Waals surface area (Å²) < 4.78 is 37.6. The fourth-order valence-electron chi connectivity index (χ4n) is 1.37. The van der Waals surface area contributed by atoms with Gasteiger partial charge in [0, 0.05) is 5.75 Å². The lowest BCUT2D eigenvalue weighted by molar-refractivity contribution is -0.137. The molecule has 1 aliphatic heterocycles. The molecule has 1 aromatic carbocycles. The normalized spacial score (nSPS) is 15.4. The zero-order valence-corrected chi connectivity index (χ0v) is 10.8. The van der Waals surface area contributed by atoms with Crippen LogP contribution in [-0.4, -0.2) is 11.1 Å². The molecule has 1 heterocycles. The van der Waals surface area contributed by atoms with Crippen molar-refractivity contribution in [1.82, 2.24) is 0 Å². The SMILES string of the molecule is C=C1N=NC(SCc2cccc(C(F)(F)F)c2)=NC1=O. The fourth-order valence-corrected chi connectivity index (χ4v) is 2.09.